The Hall–Kier alpha value is -3.35. The molecule has 1 aromatic heterocycles. The zero-order valence-corrected chi connectivity index (χ0v) is 16.2. The number of aryl methyl sites for hydroxylation is 1. The summed E-state index contributed by atoms with van der Waals surface area (Å²) in [6.07, 6.45) is 0. The van der Waals surface area contributed by atoms with Crippen LogP contribution in [0.15, 0.2) is 47.3 Å². The highest BCUT2D eigenvalue weighted by atomic mass is 16.5. The van der Waals surface area contributed by atoms with E-state index in [0.717, 1.165) is 5.39 Å². The quantitative estimate of drug-likeness (QED) is 0.680. The first-order valence-corrected chi connectivity index (χ1v) is 9.17. The van der Waals surface area contributed by atoms with Crippen LogP contribution in [-0.2, 0) is 13.6 Å². The second-order valence-electron chi connectivity index (χ2n) is 6.13. The van der Waals surface area contributed by atoms with Crippen molar-refractivity contribution in [1.29, 1.82) is 0 Å². The van der Waals surface area contributed by atoms with E-state index in [0.29, 0.717) is 41.4 Å². The molecule has 0 aliphatic heterocycles. The van der Waals surface area contributed by atoms with Gasteiger partial charge in [0.15, 0.2) is 11.5 Å². The summed E-state index contributed by atoms with van der Waals surface area (Å²) in [5.41, 5.74) is 0.918. The molecule has 0 bridgehead atoms. The Morgan fingerprint density at radius 1 is 1.04 bits per heavy atom. The molecule has 0 atom stereocenters. The SMILES string of the molecule is CCOc1ccc(C(=O)NCc2nn(C)c(=O)c3ccccc23)cc1OCC. The van der Waals surface area contributed by atoms with Gasteiger partial charge in [0, 0.05) is 18.0 Å². The minimum absolute atomic E-state index is 0.168. The molecule has 1 amide bonds. The van der Waals surface area contributed by atoms with Crippen LogP contribution in [0.3, 0.4) is 0 Å². The van der Waals surface area contributed by atoms with Crippen molar-refractivity contribution >= 4 is 16.7 Å². The van der Waals surface area contributed by atoms with E-state index in [1.54, 1.807) is 37.4 Å². The molecule has 3 rings (SSSR count). The Morgan fingerprint density at radius 2 is 1.71 bits per heavy atom. The first-order valence-electron chi connectivity index (χ1n) is 9.17. The molecule has 0 saturated carbocycles. The third kappa shape index (κ3) is 3.98. The number of nitrogens with one attached hydrogen (secondary N) is 1. The lowest BCUT2D eigenvalue weighted by Gasteiger charge is -2.13. The molecule has 0 unspecified atom stereocenters. The number of carbonyl (C=O) groups excluding carboxylic acids is 1. The number of amides is 1. The Morgan fingerprint density at radius 3 is 2.43 bits per heavy atom. The zero-order chi connectivity index (χ0) is 20.1. The standard InChI is InChI=1S/C21H23N3O4/c1-4-27-18-11-10-14(12-19(18)28-5-2)20(25)22-13-17-15-8-6-7-9-16(15)21(26)24(3)23-17/h6-12H,4-5,13H2,1-3H3,(H,22,25). The van der Waals surface area contributed by atoms with E-state index in [4.69, 9.17) is 9.47 Å². The van der Waals surface area contributed by atoms with Crippen molar-refractivity contribution in [3.8, 4) is 11.5 Å². The highest BCUT2D eigenvalue weighted by Gasteiger charge is 2.13. The van der Waals surface area contributed by atoms with Gasteiger partial charge >= 0.3 is 0 Å². The molecule has 1 heterocycles. The van der Waals surface area contributed by atoms with E-state index in [1.807, 2.05) is 26.0 Å². The molecule has 28 heavy (non-hydrogen) atoms. The molecule has 7 heteroatoms. The average molecular weight is 381 g/mol. The van der Waals surface area contributed by atoms with Crippen LogP contribution in [0.4, 0.5) is 0 Å². The normalized spacial score (nSPS) is 10.7. The van der Waals surface area contributed by atoms with E-state index in [-0.39, 0.29) is 18.0 Å². The van der Waals surface area contributed by atoms with Crippen LogP contribution in [-0.4, -0.2) is 28.9 Å². The highest BCUT2D eigenvalue weighted by molar-refractivity contribution is 5.95. The van der Waals surface area contributed by atoms with Gasteiger partial charge in [-0.2, -0.15) is 5.10 Å². The van der Waals surface area contributed by atoms with E-state index in [9.17, 15) is 9.59 Å². The first-order chi connectivity index (χ1) is 13.5. The summed E-state index contributed by atoms with van der Waals surface area (Å²) < 4.78 is 12.4. The summed E-state index contributed by atoms with van der Waals surface area (Å²) in [4.78, 5) is 24.8. The minimum atomic E-state index is -0.260. The lowest BCUT2D eigenvalue weighted by atomic mass is 10.1. The summed E-state index contributed by atoms with van der Waals surface area (Å²) in [5, 5.41) is 8.46. The molecule has 1 N–H and O–H groups in total. The van der Waals surface area contributed by atoms with Gasteiger partial charge in [-0.25, -0.2) is 4.68 Å². The summed E-state index contributed by atoms with van der Waals surface area (Å²) >= 11 is 0. The smallest absolute Gasteiger partial charge is 0.274 e. The molecule has 146 valence electrons. The van der Waals surface area contributed by atoms with E-state index in [1.165, 1.54) is 4.68 Å². The van der Waals surface area contributed by atoms with Crippen molar-refractivity contribution < 1.29 is 14.3 Å². The molecule has 0 saturated heterocycles. The minimum Gasteiger partial charge on any atom is -0.490 e. The number of rotatable bonds is 7. The number of nitrogens with zero attached hydrogens (tertiary/aromatic N) is 2. The molecule has 3 aromatic rings. The van der Waals surface area contributed by atoms with Crippen LogP contribution in [0.5, 0.6) is 11.5 Å². The van der Waals surface area contributed by atoms with Crippen LogP contribution in [0, 0.1) is 0 Å². The second-order valence-corrected chi connectivity index (χ2v) is 6.13. The lowest BCUT2D eigenvalue weighted by molar-refractivity contribution is 0.0950. The van der Waals surface area contributed by atoms with Crippen LogP contribution >= 0.6 is 0 Å². The number of carbonyl (C=O) groups is 1. The van der Waals surface area contributed by atoms with Gasteiger partial charge in [0.25, 0.3) is 11.5 Å². The molecule has 0 aliphatic carbocycles. The largest absolute Gasteiger partial charge is 0.490 e. The monoisotopic (exact) mass is 381 g/mol. The van der Waals surface area contributed by atoms with E-state index in [2.05, 4.69) is 10.4 Å². The van der Waals surface area contributed by atoms with Gasteiger partial charge in [0.05, 0.1) is 30.8 Å². The number of hydrogen-bond donors (Lipinski definition) is 1. The van der Waals surface area contributed by atoms with E-state index >= 15 is 0 Å². The molecule has 0 aliphatic rings. The number of fused-ring (bicyclic) bond motifs is 1. The van der Waals surface area contributed by atoms with Gasteiger partial charge in [-0.05, 0) is 38.1 Å². The molecule has 0 spiro atoms. The molecule has 7 nitrogen and oxygen atoms in total. The summed E-state index contributed by atoms with van der Waals surface area (Å²) in [7, 11) is 1.60. The van der Waals surface area contributed by atoms with Gasteiger partial charge in [0.2, 0.25) is 0 Å². The highest BCUT2D eigenvalue weighted by Crippen LogP contribution is 2.28. The average Bonchev–Trinajstić information content (AvgIpc) is 2.71. The molecule has 0 radical (unpaired) electrons. The topological polar surface area (TPSA) is 82.5 Å². The number of hydrogen-bond acceptors (Lipinski definition) is 5. The van der Waals surface area contributed by atoms with Gasteiger partial charge < -0.3 is 14.8 Å². The van der Waals surface area contributed by atoms with Crippen molar-refractivity contribution in [1.82, 2.24) is 15.1 Å². The fraction of sp³-hybridized carbons (Fsp3) is 0.286. The summed E-state index contributed by atoms with van der Waals surface area (Å²) in [6, 6.07) is 12.3. The van der Waals surface area contributed by atoms with Crippen LogP contribution in [0.25, 0.3) is 10.8 Å². The number of ether oxygens (including phenoxy) is 2. The van der Waals surface area contributed by atoms with Crippen molar-refractivity contribution in [2.75, 3.05) is 13.2 Å². The van der Waals surface area contributed by atoms with Gasteiger partial charge in [-0.1, -0.05) is 18.2 Å². The Kier molecular flexibility index (Phi) is 5.93. The van der Waals surface area contributed by atoms with Crippen molar-refractivity contribution in [3.05, 3.63) is 64.1 Å². The molecular formula is C21H23N3O4. The van der Waals surface area contributed by atoms with Crippen molar-refractivity contribution in [2.24, 2.45) is 7.05 Å². The van der Waals surface area contributed by atoms with Crippen LogP contribution in [0.1, 0.15) is 29.9 Å². The maximum atomic E-state index is 12.6. The Balaban J connectivity index is 1.83. The molecule has 2 aromatic carbocycles. The Bertz CT molecular complexity index is 1060. The fourth-order valence-electron chi connectivity index (χ4n) is 2.96. The van der Waals surface area contributed by atoms with Gasteiger partial charge in [-0.3, -0.25) is 9.59 Å². The predicted octanol–water partition coefficient (Wildman–Crippen LogP) is 2.66. The van der Waals surface area contributed by atoms with Gasteiger partial charge in [0.1, 0.15) is 0 Å². The third-order valence-corrected chi connectivity index (χ3v) is 4.25. The predicted molar refractivity (Wildman–Crippen MR) is 107 cm³/mol. The van der Waals surface area contributed by atoms with Crippen LogP contribution in [0.2, 0.25) is 0 Å². The van der Waals surface area contributed by atoms with Crippen LogP contribution < -0.4 is 20.3 Å². The van der Waals surface area contributed by atoms with E-state index < -0.39 is 0 Å². The lowest BCUT2D eigenvalue weighted by Crippen LogP contribution is -2.27. The Labute approximate surface area is 162 Å². The summed E-state index contributed by atoms with van der Waals surface area (Å²) in [6.45, 7) is 4.95. The van der Waals surface area contributed by atoms with Crippen molar-refractivity contribution in [3.63, 3.8) is 0 Å². The molecular weight excluding hydrogens is 358 g/mol. The maximum absolute atomic E-state index is 12.6. The van der Waals surface area contributed by atoms with Gasteiger partial charge in [-0.15, -0.1) is 0 Å². The maximum Gasteiger partial charge on any atom is 0.274 e. The number of benzene rings is 2. The fourth-order valence-corrected chi connectivity index (χ4v) is 2.96. The first kappa shape index (κ1) is 19.4. The number of aromatic nitrogens is 2. The third-order valence-electron chi connectivity index (χ3n) is 4.25. The van der Waals surface area contributed by atoms with Crippen molar-refractivity contribution in [2.45, 2.75) is 20.4 Å². The second kappa shape index (κ2) is 8.56. The summed E-state index contributed by atoms with van der Waals surface area (Å²) in [5.74, 6) is 0.873. The molecule has 0 fully saturated rings. The zero-order valence-electron chi connectivity index (χ0n) is 16.2.